The van der Waals surface area contributed by atoms with Gasteiger partial charge in [-0.3, -0.25) is 20.1 Å². The molecule has 0 bridgehead atoms. The van der Waals surface area contributed by atoms with Gasteiger partial charge >= 0.3 is 0 Å². The number of pyridine rings is 2. The van der Waals surface area contributed by atoms with Crippen LogP contribution in [0.1, 0.15) is 0 Å². The minimum atomic E-state index is -0.267. The summed E-state index contributed by atoms with van der Waals surface area (Å²) in [7, 11) is 0. The topological polar surface area (TPSA) is 138 Å². The first-order valence-electron chi connectivity index (χ1n) is 10.9. The standard InChI is InChI=1S/C23H17FN10S/c24-18-2-1-17(35-18)22-21-13(3-4-27-22)30-23(31-21)20-12-5-14(28-7-15(12)32-33-20)16-6-26-8-19(29-16)34-9-11(25)10-34/h1-8,11H,9-10,25H2,(H,30,31)(H,32,33). The lowest BCUT2D eigenvalue weighted by atomic mass is 10.1. The molecule has 0 saturated carbocycles. The van der Waals surface area contributed by atoms with Crippen LogP contribution in [0.15, 0.2) is 49.1 Å². The van der Waals surface area contributed by atoms with Gasteiger partial charge in [0.25, 0.3) is 0 Å². The third-order valence-corrected chi connectivity index (χ3v) is 6.88. The van der Waals surface area contributed by atoms with Crippen molar-refractivity contribution in [2.75, 3.05) is 18.0 Å². The molecule has 0 unspecified atom stereocenters. The van der Waals surface area contributed by atoms with E-state index in [0.29, 0.717) is 39.0 Å². The minimum Gasteiger partial charge on any atom is -0.352 e. The Morgan fingerprint density at radius 3 is 2.74 bits per heavy atom. The number of nitrogens with zero attached hydrogens (tertiary/aromatic N) is 7. The van der Waals surface area contributed by atoms with Crippen molar-refractivity contribution >= 4 is 39.1 Å². The van der Waals surface area contributed by atoms with Gasteiger partial charge in [0.05, 0.1) is 40.2 Å². The summed E-state index contributed by atoms with van der Waals surface area (Å²) in [5.41, 5.74) is 10.7. The number of imidazole rings is 1. The van der Waals surface area contributed by atoms with E-state index in [-0.39, 0.29) is 11.2 Å². The highest BCUT2D eigenvalue weighted by Gasteiger charge is 2.25. The van der Waals surface area contributed by atoms with Crippen molar-refractivity contribution in [1.82, 2.24) is 40.1 Å². The third-order valence-electron chi connectivity index (χ3n) is 6.00. The fourth-order valence-electron chi connectivity index (χ4n) is 4.24. The fourth-order valence-corrected chi connectivity index (χ4v) is 4.97. The van der Waals surface area contributed by atoms with Gasteiger partial charge in [-0.25, -0.2) is 9.97 Å². The zero-order valence-corrected chi connectivity index (χ0v) is 18.9. The molecule has 1 aliphatic rings. The van der Waals surface area contributed by atoms with Gasteiger partial charge in [-0.05, 0) is 24.3 Å². The molecule has 4 N–H and O–H groups in total. The highest BCUT2D eigenvalue weighted by molar-refractivity contribution is 7.13. The zero-order chi connectivity index (χ0) is 23.5. The lowest BCUT2D eigenvalue weighted by Gasteiger charge is -2.37. The maximum absolute atomic E-state index is 13.6. The van der Waals surface area contributed by atoms with Crippen LogP contribution in [0, 0.1) is 5.13 Å². The molecule has 0 radical (unpaired) electrons. The first kappa shape index (κ1) is 20.1. The highest BCUT2D eigenvalue weighted by Crippen LogP contribution is 2.33. The molecule has 0 spiro atoms. The molecular formula is C23H17FN10S. The molecule has 172 valence electrons. The summed E-state index contributed by atoms with van der Waals surface area (Å²) < 4.78 is 13.6. The monoisotopic (exact) mass is 484 g/mol. The maximum Gasteiger partial charge on any atom is 0.177 e. The molecule has 6 aromatic heterocycles. The number of rotatable bonds is 4. The van der Waals surface area contributed by atoms with Crippen LogP contribution in [-0.4, -0.2) is 59.2 Å². The second-order valence-electron chi connectivity index (χ2n) is 8.36. The molecule has 0 aromatic carbocycles. The average molecular weight is 485 g/mol. The summed E-state index contributed by atoms with van der Waals surface area (Å²) in [6, 6.07) is 7.06. The van der Waals surface area contributed by atoms with Crippen molar-refractivity contribution in [2.45, 2.75) is 6.04 Å². The van der Waals surface area contributed by atoms with Crippen LogP contribution in [0.2, 0.25) is 0 Å². The largest absolute Gasteiger partial charge is 0.352 e. The number of aromatic amines is 2. The van der Waals surface area contributed by atoms with Crippen molar-refractivity contribution in [2.24, 2.45) is 5.73 Å². The summed E-state index contributed by atoms with van der Waals surface area (Å²) >= 11 is 1.04. The van der Waals surface area contributed by atoms with Crippen LogP contribution < -0.4 is 10.6 Å². The van der Waals surface area contributed by atoms with Crippen LogP contribution in [0.4, 0.5) is 10.2 Å². The summed E-state index contributed by atoms with van der Waals surface area (Å²) in [5, 5.41) is 8.07. The van der Waals surface area contributed by atoms with E-state index in [1.165, 1.54) is 6.07 Å². The van der Waals surface area contributed by atoms with E-state index < -0.39 is 0 Å². The van der Waals surface area contributed by atoms with Crippen molar-refractivity contribution in [3.8, 4) is 33.5 Å². The summed E-state index contributed by atoms with van der Waals surface area (Å²) in [6.45, 7) is 1.52. The van der Waals surface area contributed by atoms with Crippen molar-refractivity contribution < 1.29 is 4.39 Å². The normalized spacial score (nSPS) is 14.2. The maximum atomic E-state index is 13.6. The van der Waals surface area contributed by atoms with Gasteiger partial charge in [0.2, 0.25) is 0 Å². The number of halogens is 1. The molecule has 1 fully saturated rings. The molecule has 10 nitrogen and oxygen atoms in total. The average Bonchev–Trinajstić information content (AvgIpc) is 3.59. The van der Waals surface area contributed by atoms with E-state index in [1.54, 1.807) is 30.9 Å². The van der Waals surface area contributed by atoms with Gasteiger partial charge in [0.15, 0.2) is 11.0 Å². The highest BCUT2D eigenvalue weighted by atomic mass is 32.1. The van der Waals surface area contributed by atoms with Gasteiger partial charge in [0, 0.05) is 30.7 Å². The van der Waals surface area contributed by atoms with Gasteiger partial charge < -0.3 is 15.6 Å². The molecule has 6 aromatic rings. The van der Waals surface area contributed by atoms with E-state index in [1.807, 2.05) is 12.1 Å². The molecule has 0 atom stereocenters. The number of fused-ring (bicyclic) bond motifs is 2. The van der Waals surface area contributed by atoms with E-state index in [2.05, 4.69) is 35.0 Å². The number of nitrogens with one attached hydrogen (secondary N) is 2. The number of hydrogen-bond donors (Lipinski definition) is 3. The second-order valence-corrected chi connectivity index (χ2v) is 9.39. The number of anilines is 1. The summed E-state index contributed by atoms with van der Waals surface area (Å²) in [6.07, 6.45) is 6.82. The van der Waals surface area contributed by atoms with E-state index in [9.17, 15) is 4.39 Å². The number of H-pyrrole nitrogens is 2. The van der Waals surface area contributed by atoms with Crippen LogP contribution in [-0.2, 0) is 0 Å². The quantitative estimate of drug-likeness (QED) is 0.346. The molecule has 35 heavy (non-hydrogen) atoms. The number of hydrogen-bond acceptors (Lipinski definition) is 9. The predicted octanol–water partition coefficient (Wildman–Crippen LogP) is 3.37. The van der Waals surface area contributed by atoms with Crippen LogP contribution in [0.25, 0.3) is 55.4 Å². The van der Waals surface area contributed by atoms with E-state index in [0.717, 1.165) is 46.7 Å². The SMILES string of the molecule is NC1CN(c2cncc(-c3cc4c(-c5nc6c(-c7ccc(F)s7)nccc6[nH]5)n[nH]c4cn3)n2)C1. The first-order valence-corrected chi connectivity index (χ1v) is 11.7. The minimum absolute atomic E-state index is 0.168. The van der Waals surface area contributed by atoms with Gasteiger partial charge in [-0.1, -0.05) is 0 Å². The molecule has 1 saturated heterocycles. The van der Waals surface area contributed by atoms with Crippen molar-refractivity contribution in [3.63, 3.8) is 0 Å². The predicted molar refractivity (Wildman–Crippen MR) is 131 cm³/mol. The lowest BCUT2D eigenvalue weighted by molar-refractivity contribution is 0.514. The fraction of sp³-hybridized carbons (Fsp3) is 0.130. The Hall–Kier alpha value is -4.29. The molecule has 0 amide bonds. The van der Waals surface area contributed by atoms with Crippen LogP contribution in [0.3, 0.4) is 0 Å². The van der Waals surface area contributed by atoms with E-state index >= 15 is 0 Å². The summed E-state index contributed by atoms with van der Waals surface area (Å²) in [4.78, 5) is 29.0. The Morgan fingerprint density at radius 1 is 1.00 bits per heavy atom. The Labute approximate surface area is 201 Å². The van der Waals surface area contributed by atoms with Crippen molar-refractivity contribution in [1.29, 1.82) is 0 Å². The molecule has 12 heteroatoms. The summed E-state index contributed by atoms with van der Waals surface area (Å²) in [5.74, 6) is 1.35. The van der Waals surface area contributed by atoms with Crippen molar-refractivity contribution in [3.05, 3.63) is 54.2 Å². The van der Waals surface area contributed by atoms with Gasteiger partial charge in [-0.2, -0.15) is 9.49 Å². The lowest BCUT2D eigenvalue weighted by Crippen LogP contribution is -2.56. The van der Waals surface area contributed by atoms with Gasteiger partial charge in [-0.15, -0.1) is 11.3 Å². The third kappa shape index (κ3) is 3.33. The Kier molecular flexibility index (Phi) is 4.38. The van der Waals surface area contributed by atoms with E-state index in [4.69, 9.17) is 15.7 Å². The molecule has 1 aliphatic heterocycles. The first-order chi connectivity index (χ1) is 17.1. The van der Waals surface area contributed by atoms with Gasteiger partial charge in [0.1, 0.15) is 28.4 Å². The molecule has 0 aliphatic carbocycles. The Balaban J connectivity index is 1.31. The van der Waals surface area contributed by atoms with Crippen LogP contribution in [0.5, 0.6) is 0 Å². The number of nitrogens with two attached hydrogens (primary N) is 1. The smallest absolute Gasteiger partial charge is 0.177 e. The number of thiophene rings is 1. The molecule has 7 rings (SSSR count). The zero-order valence-electron chi connectivity index (χ0n) is 18.1. The molecule has 7 heterocycles. The number of aromatic nitrogens is 8. The molecular weight excluding hydrogens is 467 g/mol. The van der Waals surface area contributed by atoms with Crippen LogP contribution >= 0.6 is 11.3 Å². The Bertz CT molecular complexity index is 1710. The second kappa shape index (κ2) is 7.61. The Morgan fingerprint density at radius 2 is 1.91 bits per heavy atom.